The highest BCUT2D eigenvalue weighted by atomic mass is 32.1. The number of piperidine rings is 1. The smallest absolute Gasteiger partial charge is 0.229 e. The summed E-state index contributed by atoms with van der Waals surface area (Å²) in [4.78, 5) is 29.3. The summed E-state index contributed by atoms with van der Waals surface area (Å²) in [5.41, 5.74) is 1.19. The van der Waals surface area contributed by atoms with Gasteiger partial charge in [-0.15, -0.1) is 11.3 Å². The van der Waals surface area contributed by atoms with Crippen LogP contribution in [-0.2, 0) is 17.6 Å². The lowest BCUT2D eigenvalue weighted by molar-refractivity contribution is -0.120. The lowest BCUT2D eigenvalue weighted by Gasteiger charge is -2.30. The average molecular weight is 357 g/mol. The van der Waals surface area contributed by atoms with Crippen molar-refractivity contribution in [3.05, 3.63) is 29.0 Å². The summed E-state index contributed by atoms with van der Waals surface area (Å²) in [5.74, 6) is 1.62. The Kier molecular flexibility index (Phi) is 4.65. The first-order valence-corrected chi connectivity index (χ1v) is 9.82. The van der Waals surface area contributed by atoms with E-state index in [2.05, 4.69) is 32.1 Å². The molecular formula is C18H23N5OS. The maximum absolute atomic E-state index is 12.6. The highest BCUT2D eigenvalue weighted by Crippen LogP contribution is 2.32. The summed E-state index contributed by atoms with van der Waals surface area (Å²) < 4.78 is 0. The van der Waals surface area contributed by atoms with Gasteiger partial charge in [0.2, 0.25) is 11.9 Å². The Bertz CT molecular complexity index is 739. The minimum Gasteiger partial charge on any atom is -0.341 e. The van der Waals surface area contributed by atoms with Crippen LogP contribution in [0.4, 0.5) is 11.1 Å². The number of hydrogen-bond acceptors (Lipinski definition) is 6. The van der Waals surface area contributed by atoms with Crippen molar-refractivity contribution in [3.8, 4) is 0 Å². The van der Waals surface area contributed by atoms with Crippen molar-refractivity contribution in [1.82, 2.24) is 15.0 Å². The molecule has 1 fully saturated rings. The molecule has 1 N–H and O–H groups in total. The van der Waals surface area contributed by atoms with Crippen LogP contribution in [0.2, 0.25) is 0 Å². The van der Waals surface area contributed by atoms with Gasteiger partial charge in [-0.1, -0.05) is 6.92 Å². The van der Waals surface area contributed by atoms with Gasteiger partial charge in [0, 0.05) is 36.3 Å². The number of carbonyl (C=O) groups is 1. The number of rotatable bonds is 3. The van der Waals surface area contributed by atoms with Gasteiger partial charge in [0.25, 0.3) is 0 Å². The molecule has 1 aliphatic heterocycles. The molecule has 1 atom stereocenters. The number of thiazole rings is 1. The zero-order valence-electron chi connectivity index (χ0n) is 14.4. The molecule has 1 unspecified atom stereocenters. The largest absolute Gasteiger partial charge is 0.341 e. The number of nitrogens with one attached hydrogen (secondary N) is 1. The van der Waals surface area contributed by atoms with Gasteiger partial charge in [-0.25, -0.2) is 15.0 Å². The summed E-state index contributed by atoms with van der Waals surface area (Å²) >= 11 is 1.66. The predicted molar refractivity (Wildman–Crippen MR) is 98.9 cm³/mol. The van der Waals surface area contributed by atoms with Crippen molar-refractivity contribution in [2.75, 3.05) is 23.3 Å². The second-order valence-electron chi connectivity index (χ2n) is 7.04. The van der Waals surface area contributed by atoms with Crippen molar-refractivity contribution in [2.45, 2.75) is 39.0 Å². The molecule has 0 bridgehead atoms. The van der Waals surface area contributed by atoms with Crippen LogP contribution < -0.4 is 10.2 Å². The fourth-order valence-corrected chi connectivity index (χ4v) is 4.77. The van der Waals surface area contributed by atoms with Gasteiger partial charge in [0.15, 0.2) is 5.13 Å². The predicted octanol–water partition coefficient (Wildman–Crippen LogP) is 2.91. The molecule has 3 heterocycles. The number of aryl methyl sites for hydroxylation is 1. The first-order chi connectivity index (χ1) is 12.2. The van der Waals surface area contributed by atoms with E-state index in [9.17, 15) is 4.79 Å². The van der Waals surface area contributed by atoms with Crippen molar-refractivity contribution in [3.63, 3.8) is 0 Å². The maximum Gasteiger partial charge on any atom is 0.229 e. The number of carbonyl (C=O) groups excluding carboxylic acids is 1. The maximum atomic E-state index is 12.6. The molecule has 0 radical (unpaired) electrons. The van der Waals surface area contributed by atoms with E-state index in [-0.39, 0.29) is 11.8 Å². The van der Waals surface area contributed by atoms with E-state index >= 15 is 0 Å². The van der Waals surface area contributed by atoms with Crippen LogP contribution in [0.3, 0.4) is 0 Å². The lowest BCUT2D eigenvalue weighted by atomic mass is 9.93. The van der Waals surface area contributed by atoms with Crippen molar-refractivity contribution >= 4 is 28.3 Å². The van der Waals surface area contributed by atoms with E-state index in [0.717, 1.165) is 55.8 Å². The Labute approximate surface area is 151 Å². The highest BCUT2D eigenvalue weighted by molar-refractivity contribution is 7.15. The average Bonchev–Trinajstić information content (AvgIpc) is 3.04. The summed E-state index contributed by atoms with van der Waals surface area (Å²) in [6.07, 6.45) is 8.50. The third kappa shape index (κ3) is 3.66. The number of aromatic nitrogens is 3. The standard InChI is InChI=1S/C18H23N5OS/c1-12-3-4-14-15(11-12)25-18(21-14)22-16(24)13-5-9-23(10-6-13)17-19-7-2-8-20-17/h2,7-8,12-13H,3-6,9-11H2,1H3,(H,21,22,24). The van der Waals surface area contributed by atoms with E-state index in [1.54, 1.807) is 23.7 Å². The molecule has 4 rings (SSSR count). The van der Waals surface area contributed by atoms with Crippen LogP contribution in [0.15, 0.2) is 18.5 Å². The molecule has 25 heavy (non-hydrogen) atoms. The lowest BCUT2D eigenvalue weighted by Crippen LogP contribution is -2.39. The van der Waals surface area contributed by atoms with Crippen LogP contribution in [0, 0.1) is 11.8 Å². The van der Waals surface area contributed by atoms with E-state index in [1.165, 1.54) is 17.0 Å². The van der Waals surface area contributed by atoms with Gasteiger partial charge >= 0.3 is 0 Å². The summed E-state index contributed by atoms with van der Waals surface area (Å²) in [6.45, 7) is 3.91. The molecule has 1 saturated heterocycles. The molecule has 2 aromatic heterocycles. The Morgan fingerprint density at radius 3 is 2.76 bits per heavy atom. The molecule has 1 amide bonds. The zero-order valence-corrected chi connectivity index (χ0v) is 15.3. The first kappa shape index (κ1) is 16.4. The molecule has 6 nitrogen and oxygen atoms in total. The Morgan fingerprint density at radius 1 is 1.24 bits per heavy atom. The van der Waals surface area contributed by atoms with Gasteiger partial charge in [0.05, 0.1) is 5.69 Å². The van der Waals surface area contributed by atoms with Gasteiger partial charge in [-0.3, -0.25) is 4.79 Å². The van der Waals surface area contributed by atoms with Crippen LogP contribution >= 0.6 is 11.3 Å². The number of amides is 1. The third-order valence-corrected chi connectivity index (χ3v) is 6.15. The molecule has 0 spiro atoms. The van der Waals surface area contributed by atoms with E-state index in [1.807, 2.05) is 6.07 Å². The SMILES string of the molecule is CC1CCc2nc(NC(=O)C3CCN(c4ncccn4)CC3)sc2C1. The van der Waals surface area contributed by atoms with Gasteiger partial charge in [-0.2, -0.15) is 0 Å². The minimum atomic E-state index is 0.0415. The molecule has 1 aliphatic carbocycles. The number of hydrogen-bond donors (Lipinski definition) is 1. The molecule has 2 aromatic rings. The van der Waals surface area contributed by atoms with Gasteiger partial charge in [-0.05, 0) is 44.1 Å². The van der Waals surface area contributed by atoms with E-state index < -0.39 is 0 Å². The summed E-state index contributed by atoms with van der Waals surface area (Å²) in [7, 11) is 0. The monoisotopic (exact) mass is 357 g/mol. The normalized spacial score (nSPS) is 21.0. The molecule has 132 valence electrons. The minimum absolute atomic E-state index is 0.0415. The van der Waals surface area contributed by atoms with E-state index in [4.69, 9.17) is 0 Å². The second-order valence-corrected chi connectivity index (χ2v) is 8.12. The molecule has 0 saturated carbocycles. The molecule has 7 heteroatoms. The molecule has 0 aromatic carbocycles. The Morgan fingerprint density at radius 2 is 2.00 bits per heavy atom. The molecule has 2 aliphatic rings. The second kappa shape index (κ2) is 7.07. The Hall–Kier alpha value is -2.02. The Balaban J connectivity index is 1.34. The summed E-state index contributed by atoms with van der Waals surface area (Å²) in [6, 6.07) is 1.82. The van der Waals surface area contributed by atoms with Crippen molar-refractivity contribution in [1.29, 1.82) is 0 Å². The topological polar surface area (TPSA) is 71.0 Å². The highest BCUT2D eigenvalue weighted by Gasteiger charge is 2.27. The van der Waals surface area contributed by atoms with Crippen LogP contribution in [0.25, 0.3) is 0 Å². The van der Waals surface area contributed by atoms with Gasteiger partial charge in [0.1, 0.15) is 0 Å². The van der Waals surface area contributed by atoms with Crippen LogP contribution in [0.1, 0.15) is 36.8 Å². The van der Waals surface area contributed by atoms with Crippen LogP contribution in [-0.4, -0.2) is 33.9 Å². The third-order valence-electron chi connectivity index (χ3n) is 5.12. The number of nitrogens with zero attached hydrogens (tertiary/aromatic N) is 4. The summed E-state index contributed by atoms with van der Waals surface area (Å²) in [5, 5.41) is 3.83. The van der Waals surface area contributed by atoms with E-state index in [0.29, 0.717) is 0 Å². The van der Waals surface area contributed by atoms with Crippen molar-refractivity contribution < 1.29 is 4.79 Å². The van der Waals surface area contributed by atoms with Crippen LogP contribution in [0.5, 0.6) is 0 Å². The van der Waals surface area contributed by atoms with Crippen molar-refractivity contribution in [2.24, 2.45) is 11.8 Å². The number of anilines is 2. The first-order valence-electron chi connectivity index (χ1n) is 9.00. The van der Waals surface area contributed by atoms with Gasteiger partial charge < -0.3 is 10.2 Å². The molecular weight excluding hydrogens is 334 g/mol. The quantitative estimate of drug-likeness (QED) is 0.914. The fraction of sp³-hybridized carbons (Fsp3) is 0.556. The number of fused-ring (bicyclic) bond motifs is 1. The zero-order chi connectivity index (χ0) is 17.2. The fourth-order valence-electron chi connectivity index (χ4n) is 3.60.